The van der Waals surface area contributed by atoms with E-state index < -0.39 is 0 Å². The largest absolute Gasteiger partial charge is 0.334 e. The van der Waals surface area contributed by atoms with E-state index in [2.05, 4.69) is 15.5 Å². The molecule has 0 saturated carbocycles. The van der Waals surface area contributed by atoms with E-state index in [9.17, 15) is 4.79 Å². The highest BCUT2D eigenvalue weighted by Gasteiger charge is 2.12. The Bertz CT molecular complexity index is 877. The third-order valence-electron chi connectivity index (χ3n) is 3.07. The van der Waals surface area contributed by atoms with Gasteiger partial charge < -0.3 is 9.84 Å². The van der Waals surface area contributed by atoms with E-state index in [-0.39, 0.29) is 5.91 Å². The fourth-order valence-electron chi connectivity index (χ4n) is 2.02. The van der Waals surface area contributed by atoms with Crippen LogP contribution in [0, 0.1) is 6.92 Å². The molecular weight excluding hydrogens is 337 g/mol. The van der Waals surface area contributed by atoms with Gasteiger partial charge in [0.15, 0.2) is 5.82 Å². The summed E-state index contributed by atoms with van der Waals surface area (Å²) in [6, 6.07) is 11.8. The molecule has 7 heteroatoms. The van der Waals surface area contributed by atoms with Gasteiger partial charge in [0.05, 0.1) is 10.6 Å². The van der Waals surface area contributed by atoms with E-state index >= 15 is 0 Å². The van der Waals surface area contributed by atoms with Gasteiger partial charge in [-0.3, -0.25) is 4.79 Å². The molecule has 0 aliphatic carbocycles. The minimum Gasteiger partial charge on any atom is -0.334 e. The number of aromatic nitrogens is 2. The van der Waals surface area contributed by atoms with Crippen LogP contribution in [0.25, 0.3) is 11.5 Å². The fourth-order valence-corrected chi connectivity index (χ4v) is 2.51. The molecule has 0 unspecified atom stereocenters. The molecule has 3 rings (SSSR count). The Morgan fingerprint density at radius 1 is 1.17 bits per heavy atom. The highest BCUT2D eigenvalue weighted by atomic mass is 35.5. The summed E-state index contributed by atoms with van der Waals surface area (Å²) < 4.78 is 5.12. The molecule has 1 aromatic heterocycles. The van der Waals surface area contributed by atoms with Gasteiger partial charge in [-0.1, -0.05) is 34.4 Å². The van der Waals surface area contributed by atoms with E-state index in [1.54, 1.807) is 37.3 Å². The van der Waals surface area contributed by atoms with Crippen LogP contribution in [0.4, 0.5) is 5.69 Å². The summed E-state index contributed by atoms with van der Waals surface area (Å²) in [6.45, 7) is 1.74. The monoisotopic (exact) mass is 347 g/mol. The van der Waals surface area contributed by atoms with Crippen LogP contribution in [0.1, 0.15) is 16.2 Å². The lowest BCUT2D eigenvalue weighted by atomic mass is 10.1. The van der Waals surface area contributed by atoms with Gasteiger partial charge in [-0.25, -0.2) is 0 Å². The first-order chi connectivity index (χ1) is 11.0. The molecule has 1 amide bonds. The van der Waals surface area contributed by atoms with Gasteiger partial charge in [-0.15, -0.1) is 0 Å². The first kappa shape index (κ1) is 15.5. The maximum absolute atomic E-state index is 12.3. The van der Waals surface area contributed by atoms with Crippen LogP contribution >= 0.6 is 23.2 Å². The molecule has 1 N–H and O–H groups in total. The second-order valence-electron chi connectivity index (χ2n) is 4.81. The number of halogens is 2. The number of hydrogen-bond acceptors (Lipinski definition) is 4. The van der Waals surface area contributed by atoms with Crippen molar-refractivity contribution in [1.82, 2.24) is 10.1 Å². The molecule has 0 aliphatic heterocycles. The van der Waals surface area contributed by atoms with Crippen LogP contribution < -0.4 is 5.32 Å². The Morgan fingerprint density at radius 3 is 2.70 bits per heavy atom. The van der Waals surface area contributed by atoms with Gasteiger partial charge in [-0.05, 0) is 43.3 Å². The third-order valence-corrected chi connectivity index (χ3v) is 3.62. The van der Waals surface area contributed by atoms with E-state index in [4.69, 9.17) is 27.7 Å². The van der Waals surface area contributed by atoms with Gasteiger partial charge in [-0.2, -0.15) is 4.98 Å². The van der Waals surface area contributed by atoms with Gasteiger partial charge in [0.2, 0.25) is 0 Å². The molecule has 116 valence electrons. The Hall–Kier alpha value is -2.37. The Balaban J connectivity index is 1.84. The molecule has 1 heterocycles. The topological polar surface area (TPSA) is 68.0 Å². The molecule has 0 bridgehead atoms. The minimum absolute atomic E-state index is 0.290. The molecule has 3 aromatic rings. The molecular formula is C16H11Cl2N3O2. The minimum atomic E-state index is -0.328. The van der Waals surface area contributed by atoms with Gasteiger partial charge >= 0.3 is 0 Å². The van der Waals surface area contributed by atoms with Crippen LogP contribution in [-0.2, 0) is 0 Å². The van der Waals surface area contributed by atoms with Crippen molar-refractivity contribution in [2.45, 2.75) is 6.92 Å². The van der Waals surface area contributed by atoms with Crippen LogP contribution in [0.2, 0.25) is 10.0 Å². The van der Waals surface area contributed by atoms with Crippen LogP contribution in [-0.4, -0.2) is 16.0 Å². The number of carbonyl (C=O) groups excluding carboxylic acids is 1. The van der Waals surface area contributed by atoms with Crippen LogP contribution in [0.5, 0.6) is 0 Å². The van der Waals surface area contributed by atoms with E-state index in [0.717, 1.165) is 0 Å². The number of nitrogens with one attached hydrogen (secondary N) is 1. The van der Waals surface area contributed by atoms with Crippen LogP contribution in [0.15, 0.2) is 47.0 Å². The summed E-state index contributed by atoms with van der Waals surface area (Å²) in [6.07, 6.45) is 0. The molecule has 0 aliphatic rings. The summed E-state index contributed by atoms with van der Waals surface area (Å²) in [5.74, 6) is 0.607. The van der Waals surface area contributed by atoms with Crippen molar-refractivity contribution in [2.75, 3.05) is 5.32 Å². The highest BCUT2D eigenvalue weighted by Crippen LogP contribution is 2.24. The number of benzene rings is 2. The van der Waals surface area contributed by atoms with Crippen molar-refractivity contribution in [2.24, 2.45) is 0 Å². The number of aryl methyl sites for hydroxylation is 1. The molecule has 0 saturated heterocycles. The van der Waals surface area contributed by atoms with E-state index in [1.807, 2.05) is 6.07 Å². The standard InChI is InChI=1S/C16H11Cl2N3O2/c1-9-19-16(23-21-9)10-3-2-4-12(7-10)20-15(22)13-6-5-11(17)8-14(13)18/h2-8H,1H3,(H,20,22). The second kappa shape index (κ2) is 6.40. The number of carbonyl (C=O) groups is 1. The number of hydrogen-bond donors (Lipinski definition) is 1. The van der Waals surface area contributed by atoms with Crippen molar-refractivity contribution >= 4 is 34.8 Å². The highest BCUT2D eigenvalue weighted by molar-refractivity contribution is 6.37. The van der Waals surface area contributed by atoms with Crippen LogP contribution in [0.3, 0.4) is 0 Å². The first-order valence-corrected chi connectivity index (χ1v) is 7.45. The maximum atomic E-state index is 12.3. The first-order valence-electron chi connectivity index (χ1n) is 6.70. The summed E-state index contributed by atoms with van der Waals surface area (Å²) in [4.78, 5) is 16.5. The lowest BCUT2D eigenvalue weighted by molar-refractivity contribution is 0.102. The number of amides is 1. The lowest BCUT2D eigenvalue weighted by Gasteiger charge is -2.07. The zero-order valence-corrected chi connectivity index (χ0v) is 13.5. The molecule has 0 spiro atoms. The summed E-state index contributed by atoms with van der Waals surface area (Å²) in [5, 5.41) is 7.29. The van der Waals surface area contributed by atoms with E-state index in [1.165, 1.54) is 6.07 Å². The number of nitrogens with zero attached hydrogens (tertiary/aromatic N) is 2. The maximum Gasteiger partial charge on any atom is 0.257 e. The van der Waals surface area contributed by atoms with E-state index in [0.29, 0.717) is 38.6 Å². The zero-order chi connectivity index (χ0) is 16.4. The van der Waals surface area contributed by atoms with Gasteiger partial charge in [0, 0.05) is 16.3 Å². The fraction of sp³-hybridized carbons (Fsp3) is 0.0625. The van der Waals surface area contributed by atoms with Crippen molar-refractivity contribution in [3.63, 3.8) is 0 Å². The van der Waals surface area contributed by atoms with Crippen molar-refractivity contribution in [1.29, 1.82) is 0 Å². The molecule has 5 nitrogen and oxygen atoms in total. The second-order valence-corrected chi connectivity index (χ2v) is 5.65. The molecule has 2 aromatic carbocycles. The van der Waals surface area contributed by atoms with Gasteiger partial charge in [0.25, 0.3) is 11.8 Å². The summed E-state index contributed by atoms with van der Waals surface area (Å²) in [7, 11) is 0. The Labute approximate surface area is 142 Å². The predicted molar refractivity (Wildman–Crippen MR) is 88.9 cm³/mol. The summed E-state index contributed by atoms with van der Waals surface area (Å²) >= 11 is 11.9. The number of rotatable bonds is 3. The third kappa shape index (κ3) is 3.52. The average molecular weight is 348 g/mol. The Kier molecular flexibility index (Phi) is 4.32. The smallest absolute Gasteiger partial charge is 0.257 e. The van der Waals surface area contributed by atoms with Crippen molar-refractivity contribution in [3.05, 3.63) is 63.9 Å². The van der Waals surface area contributed by atoms with Crippen molar-refractivity contribution < 1.29 is 9.32 Å². The molecule has 0 atom stereocenters. The average Bonchev–Trinajstić information content (AvgIpc) is 2.94. The SMILES string of the molecule is Cc1noc(-c2cccc(NC(=O)c3ccc(Cl)cc3Cl)c2)n1. The molecule has 0 radical (unpaired) electrons. The molecule has 0 fully saturated rings. The lowest BCUT2D eigenvalue weighted by Crippen LogP contribution is -2.12. The molecule has 23 heavy (non-hydrogen) atoms. The quantitative estimate of drug-likeness (QED) is 0.751. The van der Waals surface area contributed by atoms with Crippen molar-refractivity contribution in [3.8, 4) is 11.5 Å². The Morgan fingerprint density at radius 2 is 2.00 bits per heavy atom. The number of anilines is 1. The summed E-state index contributed by atoms with van der Waals surface area (Å²) in [5.41, 5.74) is 1.65. The van der Waals surface area contributed by atoms with Gasteiger partial charge in [0.1, 0.15) is 0 Å². The zero-order valence-electron chi connectivity index (χ0n) is 12.0. The predicted octanol–water partition coefficient (Wildman–Crippen LogP) is 4.60. The normalized spacial score (nSPS) is 10.6.